The summed E-state index contributed by atoms with van der Waals surface area (Å²) in [4.78, 5) is 0. The molecule has 2 rings (SSSR count). The van der Waals surface area contributed by atoms with Gasteiger partial charge in [-0.15, -0.1) is 0 Å². The number of nitrogens with zero attached hydrogens (tertiary/aromatic N) is 3. The summed E-state index contributed by atoms with van der Waals surface area (Å²) < 4.78 is 15.3. The fourth-order valence-corrected chi connectivity index (χ4v) is 1.97. The van der Waals surface area contributed by atoms with E-state index < -0.39 is 5.82 Å². The number of hydrogen-bond donors (Lipinski definition) is 3. The lowest BCUT2D eigenvalue weighted by Crippen LogP contribution is -2.20. The molecule has 6 nitrogen and oxygen atoms in total. The van der Waals surface area contributed by atoms with Crippen molar-refractivity contribution in [3.63, 3.8) is 0 Å². The van der Waals surface area contributed by atoms with E-state index >= 15 is 0 Å². The molecule has 1 heterocycles. The molecule has 21 heavy (non-hydrogen) atoms. The van der Waals surface area contributed by atoms with Crippen molar-refractivity contribution in [2.75, 3.05) is 6.54 Å². The van der Waals surface area contributed by atoms with E-state index in [0.29, 0.717) is 18.7 Å². The predicted octanol–water partition coefficient (Wildman–Crippen LogP) is 1.21. The van der Waals surface area contributed by atoms with Crippen LogP contribution in [0.5, 0.6) is 0 Å². The molecule has 0 aliphatic heterocycles. The zero-order valence-corrected chi connectivity index (χ0v) is 11.8. The van der Waals surface area contributed by atoms with Crippen molar-refractivity contribution >= 4 is 5.84 Å². The van der Waals surface area contributed by atoms with Crippen LogP contribution in [0.1, 0.15) is 16.7 Å². The predicted molar refractivity (Wildman–Crippen MR) is 77.6 cm³/mol. The lowest BCUT2D eigenvalue weighted by molar-refractivity contribution is 0.318. The van der Waals surface area contributed by atoms with E-state index in [0.717, 1.165) is 17.7 Å². The third kappa shape index (κ3) is 4.28. The van der Waals surface area contributed by atoms with Crippen LogP contribution in [-0.2, 0) is 13.1 Å². The Hall–Kier alpha value is -2.41. The number of nitrogens with two attached hydrogens (primary N) is 1. The lowest BCUT2D eigenvalue weighted by Gasteiger charge is -2.07. The molecular formula is C14H18FN5O. The molecule has 0 spiro atoms. The Morgan fingerprint density at radius 1 is 1.48 bits per heavy atom. The number of nitrogens with one attached hydrogen (secondary N) is 1. The smallest absolute Gasteiger partial charge is 0.170 e. The second-order valence-corrected chi connectivity index (χ2v) is 4.79. The van der Waals surface area contributed by atoms with Crippen molar-refractivity contribution in [1.29, 1.82) is 0 Å². The van der Waals surface area contributed by atoms with Gasteiger partial charge in [-0.05, 0) is 36.2 Å². The standard InChI is InChI=1S/C14H18FN5O/c1-10-7-18-20(9-10)3-2-17-8-11-4-12(14(16)19-21)6-13(15)5-11/h4-7,9,17,21H,2-3,8H2,1H3,(H2,16,19). The zero-order valence-electron chi connectivity index (χ0n) is 11.8. The summed E-state index contributed by atoms with van der Waals surface area (Å²) in [5.41, 5.74) is 7.67. The van der Waals surface area contributed by atoms with Gasteiger partial charge in [-0.3, -0.25) is 4.68 Å². The molecule has 0 fully saturated rings. The van der Waals surface area contributed by atoms with Gasteiger partial charge in [0.05, 0.1) is 12.7 Å². The third-order valence-electron chi connectivity index (χ3n) is 2.97. The highest BCUT2D eigenvalue weighted by Crippen LogP contribution is 2.09. The second-order valence-electron chi connectivity index (χ2n) is 4.79. The van der Waals surface area contributed by atoms with Crippen molar-refractivity contribution in [2.24, 2.45) is 10.9 Å². The van der Waals surface area contributed by atoms with Crippen LogP contribution in [0, 0.1) is 12.7 Å². The van der Waals surface area contributed by atoms with E-state index in [1.807, 2.05) is 17.8 Å². The molecule has 112 valence electrons. The number of oxime groups is 1. The van der Waals surface area contributed by atoms with E-state index in [1.165, 1.54) is 12.1 Å². The Kier molecular flexibility index (Phi) is 4.89. The molecule has 1 aromatic carbocycles. The second kappa shape index (κ2) is 6.85. The number of amidine groups is 1. The fraction of sp³-hybridized carbons (Fsp3) is 0.286. The zero-order chi connectivity index (χ0) is 15.2. The van der Waals surface area contributed by atoms with Gasteiger partial charge in [-0.25, -0.2) is 4.39 Å². The van der Waals surface area contributed by atoms with Crippen LogP contribution in [0.15, 0.2) is 35.7 Å². The minimum Gasteiger partial charge on any atom is -0.409 e. The van der Waals surface area contributed by atoms with Gasteiger partial charge < -0.3 is 16.3 Å². The summed E-state index contributed by atoms with van der Waals surface area (Å²) in [6.07, 6.45) is 3.76. The molecule has 0 saturated carbocycles. The van der Waals surface area contributed by atoms with Crippen LogP contribution in [0.3, 0.4) is 0 Å². The molecule has 0 atom stereocenters. The molecule has 0 saturated heterocycles. The Labute approximate surface area is 122 Å². The summed E-state index contributed by atoms with van der Waals surface area (Å²) in [6, 6.07) is 4.33. The van der Waals surface area contributed by atoms with E-state index in [4.69, 9.17) is 10.9 Å². The van der Waals surface area contributed by atoms with Gasteiger partial charge in [0, 0.05) is 24.8 Å². The molecule has 0 aliphatic rings. The van der Waals surface area contributed by atoms with Crippen molar-refractivity contribution in [2.45, 2.75) is 20.0 Å². The van der Waals surface area contributed by atoms with Gasteiger partial charge in [0.25, 0.3) is 0 Å². The number of rotatable bonds is 6. The Morgan fingerprint density at radius 3 is 2.95 bits per heavy atom. The molecule has 0 aliphatic carbocycles. The Morgan fingerprint density at radius 2 is 2.29 bits per heavy atom. The summed E-state index contributed by atoms with van der Waals surface area (Å²) in [6.45, 7) is 3.91. The highest BCUT2D eigenvalue weighted by Gasteiger charge is 2.05. The van der Waals surface area contributed by atoms with Crippen LogP contribution < -0.4 is 11.1 Å². The van der Waals surface area contributed by atoms with Crippen molar-refractivity contribution in [1.82, 2.24) is 15.1 Å². The topological polar surface area (TPSA) is 88.5 Å². The molecule has 2 aromatic rings. The van der Waals surface area contributed by atoms with E-state index in [-0.39, 0.29) is 5.84 Å². The van der Waals surface area contributed by atoms with Crippen LogP contribution in [0.4, 0.5) is 4.39 Å². The molecule has 7 heteroatoms. The first kappa shape index (κ1) is 15.0. The summed E-state index contributed by atoms with van der Waals surface area (Å²) in [5, 5.41) is 18.9. The number of hydrogen-bond acceptors (Lipinski definition) is 4. The minimum absolute atomic E-state index is 0.109. The molecule has 0 amide bonds. The molecule has 1 aromatic heterocycles. The molecule has 0 unspecified atom stereocenters. The SMILES string of the molecule is Cc1cnn(CCNCc2cc(F)cc(/C(N)=N/O)c2)c1. The van der Waals surface area contributed by atoms with E-state index in [2.05, 4.69) is 15.6 Å². The van der Waals surface area contributed by atoms with Gasteiger partial charge in [-0.2, -0.15) is 5.10 Å². The van der Waals surface area contributed by atoms with Gasteiger partial charge in [0.1, 0.15) is 5.82 Å². The molecule has 0 bridgehead atoms. The maximum atomic E-state index is 13.5. The van der Waals surface area contributed by atoms with Crippen molar-refractivity contribution in [3.8, 4) is 0 Å². The van der Waals surface area contributed by atoms with E-state index in [9.17, 15) is 4.39 Å². The number of aromatic nitrogens is 2. The summed E-state index contributed by atoms with van der Waals surface area (Å²) in [5.74, 6) is -0.527. The molecule has 4 N–H and O–H groups in total. The first-order valence-corrected chi connectivity index (χ1v) is 6.55. The largest absolute Gasteiger partial charge is 0.409 e. The highest BCUT2D eigenvalue weighted by molar-refractivity contribution is 5.97. The van der Waals surface area contributed by atoms with Crippen LogP contribution in [0.25, 0.3) is 0 Å². The highest BCUT2D eigenvalue weighted by atomic mass is 19.1. The van der Waals surface area contributed by atoms with Gasteiger partial charge in [0.15, 0.2) is 5.84 Å². The molecular weight excluding hydrogens is 273 g/mol. The summed E-state index contributed by atoms with van der Waals surface area (Å²) in [7, 11) is 0. The first-order valence-electron chi connectivity index (χ1n) is 6.55. The van der Waals surface area contributed by atoms with Gasteiger partial charge >= 0.3 is 0 Å². The van der Waals surface area contributed by atoms with Crippen LogP contribution in [-0.4, -0.2) is 27.4 Å². The van der Waals surface area contributed by atoms with Crippen molar-refractivity contribution < 1.29 is 9.60 Å². The average molecular weight is 291 g/mol. The number of benzene rings is 1. The monoisotopic (exact) mass is 291 g/mol. The molecule has 0 radical (unpaired) electrons. The third-order valence-corrected chi connectivity index (χ3v) is 2.97. The quantitative estimate of drug-likeness (QED) is 0.245. The number of halogens is 1. The maximum absolute atomic E-state index is 13.5. The van der Waals surface area contributed by atoms with Crippen molar-refractivity contribution in [3.05, 3.63) is 53.1 Å². The Bertz CT molecular complexity index is 638. The average Bonchev–Trinajstić information content (AvgIpc) is 2.88. The van der Waals surface area contributed by atoms with Crippen LogP contribution in [0.2, 0.25) is 0 Å². The first-order chi connectivity index (χ1) is 10.1. The minimum atomic E-state index is -0.418. The number of aryl methyl sites for hydroxylation is 1. The lowest BCUT2D eigenvalue weighted by atomic mass is 10.1. The normalized spacial score (nSPS) is 11.8. The fourth-order valence-electron chi connectivity index (χ4n) is 1.97. The van der Waals surface area contributed by atoms with Gasteiger partial charge in [-0.1, -0.05) is 5.16 Å². The van der Waals surface area contributed by atoms with Crippen LogP contribution >= 0.6 is 0 Å². The Balaban J connectivity index is 1.89. The summed E-state index contributed by atoms with van der Waals surface area (Å²) >= 11 is 0. The van der Waals surface area contributed by atoms with E-state index in [1.54, 1.807) is 12.3 Å². The van der Waals surface area contributed by atoms with Gasteiger partial charge in [0.2, 0.25) is 0 Å². The maximum Gasteiger partial charge on any atom is 0.170 e.